The molecule has 2 aromatic carbocycles. The van der Waals surface area contributed by atoms with E-state index in [1.807, 2.05) is 0 Å². The minimum atomic E-state index is -4.75. The first-order valence-electron chi connectivity index (χ1n) is 9.35. The van der Waals surface area contributed by atoms with Gasteiger partial charge >= 0.3 is 6.18 Å². The van der Waals surface area contributed by atoms with E-state index in [0.29, 0.717) is 16.4 Å². The van der Waals surface area contributed by atoms with Gasteiger partial charge in [0.1, 0.15) is 0 Å². The molecule has 1 unspecified atom stereocenters. The van der Waals surface area contributed by atoms with E-state index in [-0.39, 0.29) is 22.5 Å². The molecule has 4 rings (SSSR count). The van der Waals surface area contributed by atoms with E-state index in [2.05, 4.69) is 4.99 Å². The van der Waals surface area contributed by atoms with E-state index in [1.54, 1.807) is 18.2 Å². The second-order valence-corrected chi connectivity index (χ2v) is 9.50. The quantitative estimate of drug-likeness (QED) is 0.620. The van der Waals surface area contributed by atoms with Gasteiger partial charge in [0, 0.05) is 17.0 Å². The first-order valence-corrected chi connectivity index (χ1v) is 11.2. The summed E-state index contributed by atoms with van der Waals surface area (Å²) in [5, 5.41) is 11.3. The SMILES string of the molecule is O=c1c2ccccc2c(C=NC2CCS(=O)(=O)C2)c(O)n1-c1ccccc1C(F)(F)F. The molecule has 1 saturated heterocycles. The van der Waals surface area contributed by atoms with Crippen molar-refractivity contribution in [1.82, 2.24) is 4.57 Å². The predicted molar refractivity (Wildman–Crippen MR) is 111 cm³/mol. The Bertz CT molecular complexity index is 1360. The standard InChI is InChI=1S/C21H17F3N2O4S/c22-21(23,24)17-7-3-4-8-18(17)26-19(27)15-6-2-1-5-14(15)16(20(26)28)11-25-13-9-10-31(29,30)12-13/h1-8,11,13,28H,9-10,12H2. The molecule has 31 heavy (non-hydrogen) atoms. The summed E-state index contributed by atoms with van der Waals surface area (Å²) in [6.07, 6.45) is -3.20. The Morgan fingerprint density at radius 3 is 2.35 bits per heavy atom. The summed E-state index contributed by atoms with van der Waals surface area (Å²) in [4.78, 5) is 17.3. The summed E-state index contributed by atoms with van der Waals surface area (Å²) < 4.78 is 64.6. The monoisotopic (exact) mass is 450 g/mol. The normalized spacial score (nSPS) is 18.7. The van der Waals surface area contributed by atoms with Crippen LogP contribution in [0.25, 0.3) is 16.5 Å². The molecule has 6 nitrogen and oxygen atoms in total. The van der Waals surface area contributed by atoms with Gasteiger partial charge in [0.05, 0.1) is 34.4 Å². The lowest BCUT2D eigenvalue weighted by molar-refractivity contribution is -0.137. The highest BCUT2D eigenvalue weighted by atomic mass is 32.2. The van der Waals surface area contributed by atoms with Crippen LogP contribution in [0, 0.1) is 0 Å². The summed E-state index contributed by atoms with van der Waals surface area (Å²) in [6.45, 7) is 0. The summed E-state index contributed by atoms with van der Waals surface area (Å²) in [7, 11) is -3.19. The minimum absolute atomic E-state index is 0.000191. The lowest BCUT2D eigenvalue weighted by Crippen LogP contribution is -2.23. The molecule has 0 radical (unpaired) electrons. The maximum absolute atomic E-state index is 13.6. The van der Waals surface area contributed by atoms with Crippen molar-refractivity contribution >= 4 is 26.8 Å². The zero-order chi connectivity index (χ0) is 22.4. The molecule has 0 aliphatic carbocycles. The van der Waals surface area contributed by atoms with Crippen LogP contribution in [-0.4, -0.2) is 41.9 Å². The molecule has 1 fully saturated rings. The molecule has 1 aliphatic heterocycles. The molecule has 1 atom stereocenters. The fraction of sp³-hybridized carbons (Fsp3) is 0.238. The molecule has 2 heterocycles. The molecule has 1 aliphatic rings. The number of fused-ring (bicyclic) bond motifs is 1. The second kappa shape index (κ2) is 7.52. The van der Waals surface area contributed by atoms with Crippen LogP contribution < -0.4 is 5.56 Å². The summed E-state index contributed by atoms with van der Waals surface area (Å²) >= 11 is 0. The maximum atomic E-state index is 13.6. The average Bonchev–Trinajstić information content (AvgIpc) is 3.06. The first-order chi connectivity index (χ1) is 14.6. The van der Waals surface area contributed by atoms with Gasteiger partial charge in [-0.05, 0) is 24.6 Å². The Morgan fingerprint density at radius 2 is 1.71 bits per heavy atom. The third-order valence-electron chi connectivity index (χ3n) is 5.18. The number of hydrogen-bond acceptors (Lipinski definition) is 5. The summed E-state index contributed by atoms with van der Waals surface area (Å²) in [5.41, 5.74) is -2.37. The molecule has 0 bridgehead atoms. The molecule has 0 spiro atoms. The van der Waals surface area contributed by atoms with E-state index in [0.717, 1.165) is 12.1 Å². The fourth-order valence-corrected chi connectivity index (χ4v) is 5.33. The summed E-state index contributed by atoms with van der Waals surface area (Å²) in [6, 6.07) is 10.1. The van der Waals surface area contributed by atoms with Crippen LogP contribution in [0.2, 0.25) is 0 Å². The van der Waals surface area contributed by atoms with Gasteiger partial charge in [-0.3, -0.25) is 9.79 Å². The van der Waals surface area contributed by atoms with E-state index in [9.17, 15) is 31.5 Å². The number of alkyl halides is 3. The summed E-state index contributed by atoms with van der Waals surface area (Å²) in [5.74, 6) is -0.844. The average molecular weight is 450 g/mol. The molecular formula is C21H17F3N2O4S. The van der Waals surface area contributed by atoms with Crippen LogP contribution in [0.1, 0.15) is 17.5 Å². The first kappa shape index (κ1) is 21.1. The van der Waals surface area contributed by atoms with Crippen molar-refractivity contribution in [3.8, 4) is 11.6 Å². The molecular weight excluding hydrogens is 433 g/mol. The molecule has 0 amide bonds. The highest BCUT2D eigenvalue weighted by Gasteiger charge is 2.35. The number of aromatic nitrogens is 1. The van der Waals surface area contributed by atoms with Crippen LogP contribution in [0.4, 0.5) is 13.2 Å². The minimum Gasteiger partial charge on any atom is -0.494 e. The van der Waals surface area contributed by atoms with E-state index < -0.39 is 44.7 Å². The second-order valence-electron chi connectivity index (χ2n) is 7.27. The van der Waals surface area contributed by atoms with Gasteiger partial charge in [-0.2, -0.15) is 13.2 Å². The number of aliphatic imine (C=N–C) groups is 1. The van der Waals surface area contributed by atoms with Gasteiger partial charge in [-0.15, -0.1) is 0 Å². The van der Waals surface area contributed by atoms with Crippen LogP contribution in [-0.2, 0) is 16.0 Å². The fourth-order valence-electron chi connectivity index (χ4n) is 3.69. The maximum Gasteiger partial charge on any atom is 0.418 e. The Labute approximate surface area is 175 Å². The van der Waals surface area contributed by atoms with Crippen LogP contribution in [0.3, 0.4) is 0 Å². The Kier molecular flexibility index (Phi) is 5.12. The van der Waals surface area contributed by atoms with Crippen LogP contribution >= 0.6 is 0 Å². The van der Waals surface area contributed by atoms with Crippen molar-refractivity contribution in [2.45, 2.75) is 18.6 Å². The topological polar surface area (TPSA) is 88.7 Å². The Hall–Kier alpha value is -3.14. The number of para-hydroxylation sites is 1. The molecule has 1 N–H and O–H groups in total. The zero-order valence-electron chi connectivity index (χ0n) is 16.0. The molecule has 0 saturated carbocycles. The van der Waals surface area contributed by atoms with E-state index in [4.69, 9.17) is 0 Å². The van der Waals surface area contributed by atoms with Gasteiger partial charge in [-0.25, -0.2) is 13.0 Å². The smallest absolute Gasteiger partial charge is 0.418 e. The molecule has 162 valence electrons. The number of halogens is 3. The number of hydrogen-bond donors (Lipinski definition) is 1. The number of rotatable bonds is 3. The van der Waals surface area contributed by atoms with Crippen molar-refractivity contribution in [3.63, 3.8) is 0 Å². The predicted octanol–water partition coefficient (Wildman–Crippen LogP) is 3.32. The molecule has 1 aromatic heterocycles. The Balaban J connectivity index is 1.97. The van der Waals surface area contributed by atoms with Gasteiger partial charge in [0.2, 0.25) is 5.88 Å². The van der Waals surface area contributed by atoms with E-state index >= 15 is 0 Å². The van der Waals surface area contributed by atoms with Crippen molar-refractivity contribution in [1.29, 1.82) is 0 Å². The lowest BCUT2D eigenvalue weighted by atomic mass is 10.1. The van der Waals surface area contributed by atoms with Crippen LogP contribution in [0.5, 0.6) is 5.88 Å². The van der Waals surface area contributed by atoms with Gasteiger partial charge in [0.15, 0.2) is 9.84 Å². The number of nitrogens with zero attached hydrogens (tertiary/aromatic N) is 2. The number of aromatic hydroxyl groups is 1. The number of benzene rings is 2. The van der Waals surface area contributed by atoms with Gasteiger partial charge in [-0.1, -0.05) is 30.3 Å². The Morgan fingerprint density at radius 1 is 1.06 bits per heavy atom. The van der Waals surface area contributed by atoms with Gasteiger partial charge < -0.3 is 5.11 Å². The lowest BCUT2D eigenvalue weighted by Gasteiger charge is -2.18. The van der Waals surface area contributed by atoms with Crippen molar-refractivity contribution in [2.24, 2.45) is 4.99 Å². The highest BCUT2D eigenvalue weighted by molar-refractivity contribution is 7.91. The van der Waals surface area contributed by atoms with Crippen molar-refractivity contribution in [3.05, 3.63) is 70.0 Å². The largest absolute Gasteiger partial charge is 0.494 e. The van der Waals surface area contributed by atoms with Crippen LogP contribution in [0.15, 0.2) is 58.3 Å². The third-order valence-corrected chi connectivity index (χ3v) is 6.93. The van der Waals surface area contributed by atoms with Crippen molar-refractivity contribution < 1.29 is 26.7 Å². The molecule has 10 heteroatoms. The molecule has 3 aromatic rings. The van der Waals surface area contributed by atoms with E-state index in [1.165, 1.54) is 24.4 Å². The zero-order valence-corrected chi connectivity index (χ0v) is 16.8. The van der Waals surface area contributed by atoms with Crippen molar-refractivity contribution in [2.75, 3.05) is 11.5 Å². The number of sulfone groups is 1. The number of pyridine rings is 1. The third kappa shape index (κ3) is 3.95. The highest BCUT2D eigenvalue weighted by Crippen LogP contribution is 2.35. The van der Waals surface area contributed by atoms with Gasteiger partial charge in [0.25, 0.3) is 5.56 Å².